The molecule has 5 aromatic carbocycles. The minimum absolute atomic E-state index is 0. The average Bonchev–Trinajstić information content (AvgIpc) is 3.53. The van der Waals surface area contributed by atoms with E-state index in [1.54, 1.807) is 24.3 Å². The summed E-state index contributed by atoms with van der Waals surface area (Å²) >= 11 is 0. The number of carbonyl (C=O) groups excluding carboxylic acids is 1. The molecule has 0 atom stereocenters. The molecule has 2 N–H and O–H groups in total. The van der Waals surface area contributed by atoms with E-state index < -0.39 is 13.9 Å². The second kappa shape index (κ2) is 18.7. The van der Waals surface area contributed by atoms with Crippen molar-refractivity contribution >= 4 is 29.8 Å². The van der Waals surface area contributed by atoms with Gasteiger partial charge in [-0.25, -0.2) is 12.1 Å². The molecule has 5 aromatic rings. The monoisotopic (exact) mass is 668 g/mol. The Morgan fingerprint density at radius 2 is 0.889 bits per heavy atom. The van der Waals surface area contributed by atoms with E-state index in [1.165, 1.54) is 15.9 Å². The predicted molar refractivity (Wildman–Crippen MR) is 145 cm³/mol. The first-order chi connectivity index (χ1) is 17.3. The van der Waals surface area contributed by atoms with Crippen molar-refractivity contribution in [3.63, 3.8) is 0 Å². The summed E-state index contributed by atoms with van der Waals surface area (Å²) in [6, 6.07) is 51.0. The molecule has 6 heteroatoms. The SMILES string of the molecule is N#[O+].O=C([OH2+])c1ccccc1.[Re].c1cc[cH-]c1.c1ccc([PH+](c2ccccc2)c2ccccc2)cc1. The van der Waals surface area contributed by atoms with Crippen molar-refractivity contribution in [2.45, 2.75) is 0 Å². The minimum Gasteiger partial charge on any atom is -0.561 e. The van der Waals surface area contributed by atoms with Gasteiger partial charge >= 0.3 is 16.2 Å². The van der Waals surface area contributed by atoms with Crippen LogP contribution >= 0.6 is 7.92 Å². The van der Waals surface area contributed by atoms with Crippen molar-refractivity contribution in [2.24, 2.45) is 0 Å². The number of benzene rings is 4. The molecule has 181 valence electrons. The zero-order chi connectivity index (χ0) is 25.1. The first-order valence-electron chi connectivity index (χ1n) is 10.9. The van der Waals surface area contributed by atoms with Crippen LogP contribution in [0.3, 0.4) is 0 Å². The number of nitrogens with zero attached hydrogens (tertiary/aromatic N) is 1. The van der Waals surface area contributed by atoms with Crippen molar-refractivity contribution in [1.82, 2.24) is 0 Å². The van der Waals surface area contributed by atoms with Crippen LogP contribution < -0.4 is 15.9 Å². The van der Waals surface area contributed by atoms with E-state index in [0.29, 0.717) is 5.56 Å². The van der Waals surface area contributed by atoms with Crippen molar-refractivity contribution in [3.8, 4) is 0 Å². The minimum atomic E-state index is -0.877. The molecule has 1 radical (unpaired) electrons. The van der Waals surface area contributed by atoms with Crippen LogP contribution in [0, 0.1) is 5.46 Å². The summed E-state index contributed by atoms with van der Waals surface area (Å²) in [5, 5.41) is 11.0. The maximum atomic E-state index is 10.3. The van der Waals surface area contributed by atoms with E-state index in [9.17, 15) is 4.79 Å². The van der Waals surface area contributed by atoms with E-state index in [0.717, 1.165) is 0 Å². The second-order valence-corrected chi connectivity index (χ2v) is 9.61. The zero-order valence-corrected chi connectivity index (χ0v) is 23.3. The fourth-order valence-corrected chi connectivity index (χ4v) is 5.80. The summed E-state index contributed by atoms with van der Waals surface area (Å²) in [7, 11) is -0.877. The van der Waals surface area contributed by atoms with E-state index in [2.05, 4.69) is 91.0 Å². The van der Waals surface area contributed by atoms with Gasteiger partial charge in [0.2, 0.25) is 0 Å². The van der Waals surface area contributed by atoms with Crippen LogP contribution in [0.2, 0.25) is 0 Å². The Morgan fingerprint density at radius 1 is 0.583 bits per heavy atom. The molecule has 0 heterocycles. The molecule has 0 saturated carbocycles. The quantitative estimate of drug-likeness (QED) is 0.153. The van der Waals surface area contributed by atoms with Crippen molar-refractivity contribution < 1.29 is 35.1 Å². The summed E-state index contributed by atoms with van der Waals surface area (Å²) in [5.41, 5.74) is 6.19. The number of hydrogen-bond acceptors (Lipinski definition) is 2. The van der Waals surface area contributed by atoms with E-state index in [1.807, 2.05) is 36.4 Å². The smallest absolute Gasteiger partial charge is 0.549 e. The first-order valence-corrected chi connectivity index (χ1v) is 12.4. The molecule has 5 rings (SSSR count). The molecule has 0 aliphatic heterocycles. The van der Waals surface area contributed by atoms with Crippen LogP contribution in [0.15, 0.2) is 152 Å². The van der Waals surface area contributed by atoms with E-state index in [-0.39, 0.29) is 20.4 Å². The van der Waals surface area contributed by atoms with Gasteiger partial charge in [0.05, 0.1) is 7.92 Å². The largest absolute Gasteiger partial charge is 0.561 e. The Kier molecular flexibility index (Phi) is 15.9. The standard InChI is InChI=1S/C18H15P.C7H6O2.C5H5.NO.Re/c1-4-10-16(11-5-1)19(17-12-6-2-7-13-17)18-14-8-3-9-15-18;8-7(9)6-4-2-1-3-5-6;1-2-4-5-3-1;1-2;/h1-15H;1-5H,(H,8,9);1-5H;;/q;;-1;+1;/p+2. The Balaban J connectivity index is 0.000000317. The van der Waals surface area contributed by atoms with Gasteiger partial charge in [-0.05, 0) is 48.5 Å². The van der Waals surface area contributed by atoms with Gasteiger partial charge < -0.3 is 5.11 Å². The molecule has 0 aromatic heterocycles. The van der Waals surface area contributed by atoms with Crippen molar-refractivity contribution in [2.75, 3.05) is 0 Å². The Labute approximate surface area is 226 Å². The fourth-order valence-electron chi connectivity index (χ4n) is 3.22. The van der Waals surface area contributed by atoms with Crippen LogP contribution in [-0.2, 0) is 25.2 Å². The number of rotatable bonds is 4. The summed E-state index contributed by atoms with van der Waals surface area (Å²) in [5.74, 6) is -0.629. The molecule has 0 aliphatic rings. The van der Waals surface area contributed by atoms with Crippen molar-refractivity contribution in [3.05, 3.63) is 157 Å². The van der Waals surface area contributed by atoms with E-state index >= 15 is 0 Å². The van der Waals surface area contributed by atoms with Gasteiger partial charge in [-0.3, -0.25) is 0 Å². The van der Waals surface area contributed by atoms with Gasteiger partial charge in [0.25, 0.3) is 0 Å². The molecular formula is C30H28NO3PRe+2. The second-order valence-electron chi connectivity index (χ2n) is 7.13. The predicted octanol–water partition coefficient (Wildman–Crippen LogP) is 5.03. The molecule has 36 heavy (non-hydrogen) atoms. The molecule has 0 fully saturated rings. The molecule has 0 spiro atoms. The average molecular weight is 668 g/mol. The molecule has 4 nitrogen and oxygen atoms in total. The normalized spacial score (nSPS) is 8.97. The van der Waals surface area contributed by atoms with Crippen LogP contribution in [0.1, 0.15) is 10.4 Å². The summed E-state index contributed by atoms with van der Waals surface area (Å²) in [6.07, 6.45) is 0. The molecular weight excluding hydrogens is 640 g/mol. The topological polar surface area (TPSA) is 83.7 Å². The van der Waals surface area contributed by atoms with Gasteiger partial charge in [0, 0.05) is 25.2 Å². The molecule has 0 amide bonds. The van der Waals surface area contributed by atoms with Crippen molar-refractivity contribution in [1.29, 1.82) is 5.46 Å². The van der Waals surface area contributed by atoms with E-state index in [4.69, 9.17) is 15.3 Å². The summed E-state index contributed by atoms with van der Waals surface area (Å²) in [6.45, 7) is 0. The Hall–Kier alpha value is -3.54. The number of hydrogen-bond donors (Lipinski definition) is 0. The Morgan fingerprint density at radius 3 is 1.11 bits per heavy atom. The van der Waals surface area contributed by atoms with Crippen LogP contribution in [0.25, 0.3) is 0 Å². The summed E-state index contributed by atoms with van der Waals surface area (Å²) < 4.78 is 7.25. The third-order valence-electron chi connectivity index (χ3n) is 4.78. The maximum absolute atomic E-state index is 10.3. The first kappa shape index (κ1) is 30.5. The fraction of sp³-hybridized carbons (Fsp3) is 0. The number of carbonyl (C=O) groups is 1. The van der Waals surface area contributed by atoms with Gasteiger partial charge in [-0.15, -0.1) is 0 Å². The third kappa shape index (κ3) is 10.8. The van der Waals surface area contributed by atoms with Gasteiger partial charge in [0.15, 0.2) is 0 Å². The third-order valence-corrected chi connectivity index (χ3v) is 7.51. The maximum Gasteiger partial charge on any atom is 0.549 e. The Bertz CT molecular complexity index is 1110. The van der Waals surface area contributed by atoms with Crippen LogP contribution in [-0.4, -0.2) is 11.1 Å². The zero-order valence-electron chi connectivity index (χ0n) is 19.6. The molecule has 0 aliphatic carbocycles. The molecule has 0 bridgehead atoms. The van der Waals surface area contributed by atoms with Crippen LogP contribution in [0.4, 0.5) is 0 Å². The summed E-state index contributed by atoms with van der Waals surface area (Å²) in [4.78, 5) is 10.3. The van der Waals surface area contributed by atoms with Gasteiger partial charge in [-0.2, -0.15) is 18.2 Å². The van der Waals surface area contributed by atoms with Gasteiger partial charge in [-0.1, -0.05) is 72.8 Å². The molecule has 0 unspecified atom stereocenters. The van der Waals surface area contributed by atoms with Gasteiger partial charge in [0.1, 0.15) is 21.5 Å². The molecule has 0 saturated heterocycles. The van der Waals surface area contributed by atoms with Crippen LogP contribution in [0.5, 0.6) is 0 Å².